The Bertz CT molecular complexity index is 343. The molecule has 1 heterocycles. The fraction of sp³-hybridized carbons (Fsp3) is 0.250. The van der Waals surface area contributed by atoms with Crippen molar-refractivity contribution in [2.45, 2.75) is 12.5 Å². The van der Waals surface area contributed by atoms with Crippen molar-refractivity contribution in [2.75, 3.05) is 0 Å². The lowest BCUT2D eigenvalue weighted by atomic mass is 9.95. The molecule has 2 rings (SSSR count). The van der Waals surface area contributed by atoms with Crippen molar-refractivity contribution in [3.05, 3.63) is 48.6 Å². The number of cyclic esters (lactones) is 1. The van der Waals surface area contributed by atoms with E-state index in [4.69, 9.17) is 4.74 Å². The van der Waals surface area contributed by atoms with Crippen LogP contribution in [0.2, 0.25) is 0 Å². The highest BCUT2D eigenvalue weighted by Crippen LogP contribution is 2.35. The molecule has 1 aromatic rings. The smallest absolute Gasteiger partial charge is 0.307 e. The van der Waals surface area contributed by atoms with Crippen LogP contribution >= 0.6 is 0 Å². The number of ether oxygens (including phenoxy) is 1. The first-order valence-electron chi connectivity index (χ1n) is 4.68. The summed E-state index contributed by atoms with van der Waals surface area (Å²) in [4.78, 5) is 11.1. The lowest BCUT2D eigenvalue weighted by Crippen LogP contribution is -2.04. The SMILES string of the molecule is C=C[C@H]1CC(=O)O[C@@H]1c1ccccc1. The van der Waals surface area contributed by atoms with E-state index >= 15 is 0 Å². The average molecular weight is 188 g/mol. The number of benzene rings is 1. The molecule has 2 atom stereocenters. The van der Waals surface area contributed by atoms with Gasteiger partial charge in [-0.25, -0.2) is 0 Å². The van der Waals surface area contributed by atoms with Gasteiger partial charge in [0.05, 0.1) is 6.42 Å². The maximum atomic E-state index is 11.1. The van der Waals surface area contributed by atoms with Crippen LogP contribution in [0.4, 0.5) is 0 Å². The first-order chi connectivity index (χ1) is 6.81. The molecule has 14 heavy (non-hydrogen) atoms. The van der Waals surface area contributed by atoms with Crippen LogP contribution in [0, 0.1) is 5.92 Å². The van der Waals surface area contributed by atoms with Crippen LogP contribution in [-0.4, -0.2) is 5.97 Å². The number of carbonyl (C=O) groups is 1. The molecular weight excluding hydrogens is 176 g/mol. The van der Waals surface area contributed by atoms with Crippen LogP contribution in [0.15, 0.2) is 43.0 Å². The molecule has 0 aromatic heterocycles. The van der Waals surface area contributed by atoms with Crippen molar-refractivity contribution in [1.29, 1.82) is 0 Å². The molecule has 1 aromatic carbocycles. The Morgan fingerprint density at radius 3 is 2.71 bits per heavy atom. The summed E-state index contributed by atoms with van der Waals surface area (Å²) >= 11 is 0. The molecule has 0 aliphatic carbocycles. The molecule has 2 heteroatoms. The van der Waals surface area contributed by atoms with Crippen molar-refractivity contribution < 1.29 is 9.53 Å². The van der Waals surface area contributed by atoms with E-state index in [1.807, 2.05) is 30.3 Å². The molecule has 0 saturated carbocycles. The van der Waals surface area contributed by atoms with Gasteiger partial charge >= 0.3 is 5.97 Å². The van der Waals surface area contributed by atoms with Gasteiger partial charge in [0, 0.05) is 5.92 Å². The lowest BCUT2D eigenvalue weighted by Gasteiger charge is -2.14. The maximum Gasteiger partial charge on any atom is 0.307 e. The van der Waals surface area contributed by atoms with Crippen LogP contribution in [0.1, 0.15) is 18.1 Å². The van der Waals surface area contributed by atoms with Gasteiger partial charge in [-0.3, -0.25) is 4.79 Å². The molecule has 0 N–H and O–H groups in total. The molecule has 1 aliphatic heterocycles. The summed E-state index contributed by atoms with van der Waals surface area (Å²) in [5, 5.41) is 0. The van der Waals surface area contributed by atoms with Crippen molar-refractivity contribution >= 4 is 5.97 Å². The van der Waals surface area contributed by atoms with E-state index in [9.17, 15) is 4.79 Å². The van der Waals surface area contributed by atoms with Crippen molar-refractivity contribution in [1.82, 2.24) is 0 Å². The zero-order chi connectivity index (χ0) is 9.97. The normalized spacial score (nSPS) is 25.9. The standard InChI is InChI=1S/C12H12O2/c1-2-9-8-11(13)14-12(9)10-6-4-3-5-7-10/h2-7,9,12H,1,8H2/t9-,12-/m0/s1. The highest BCUT2D eigenvalue weighted by Gasteiger charge is 2.33. The second kappa shape index (κ2) is 3.66. The quantitative estimate of drug-likeness (QED) is 0.526. The Balaban J connectivity index is 2.26. The Morgan fingerprint density at radius 1 is 1.36 bits per heavy atom. The molecule has 2 nitrogen and oxygen atoms in total. The van der Waals surface area contributed by atoms with Gasteiger partial charge in [-0.15, -0.1) is 6.58 Å². The van der Waals surface area contributed by atoms with Gasteiger partial charge in [0.25, 0.3) is 0 Å². The molecule has 0 amide bonds. The molecule has 72 valence electrons. The van der Waals surface area contributed by atoms with E-state index in [0.29, 0.717) is 6.42 Å². The summed E-state index contributed by atoms with van der Waals surface area (Å²) in [6.07, 6.45) is 2.10. The minimum Gasteiger partial charge on any atom is -0.457 e. The molecule has 0 bridgehead atoms. The molecule has 1 saturated heterocycles. The van der Waals surface area contributed by atoms with E-state index in [-0.39, 0.29) is 18.0 Å². The van der Waals surface area contributed by atoms with Gasteiger partial charge < -0.3 is 4.74 Å². The molecule has 0 spiro atoms. The predicted octanol–water partition coefficient (Wildman–Crippen LogP) is 2.48. The number of rotatable bonds is 2. The van der Waals surface area contributed by atoms with E-state index in [1.165, 1.54) is 0 Å². The molecule has 0 radical (unpaired) electrons. The van der Waals surface area contributed by atoms with Gasteiger partial charge in [-0.2, -0.15) is 0 Å². The monoisotopic (exact) mass is 188 g/mol. The molecular formula is C12H12O2. The summed E-state index contributed by atoms with van der Waals surface area (Å²) < 4.78 is 5.24. The minimum absolute atomic E-state index is 0.116. The van der Waals surface area contributed by atoms with Crippen molar-refractivity contribution in [3.63, 3.8) is 0 Å². The predicted molar refractivity (Wildman–Crippen MR) is 53.6 cm³/mol. The Labute approximate surface area is 83.2 Å². The number of hydrogen-bond acceptors (Lipinski definition) is 2. The van der Waals surface area contributed by atoms with Crippen LogP contribution in [-0.2, 0) is 9.53 Å². The highest BCUT2D eigenvalue weighted by atomic mass is 16.5. The first kappa shape index (κ1) is 9.00. The second-order valence-electron chi connectivity index (χ2n) is 3.42. The third kappa shape index (κ3) is 1.55. The number of esters is 1. The summed E-state index contributed by atoms with van der Waals surface area (Å²) in [7, 11) is 0. The van der Waals surface area contributed by atoms with Gasteiger partial charge in [0.2, 0.25) is 0 Å². The zero-order valence-electron chi connectivity index (χ0n) is 7.85. The van der Waals surface area contributed by atoms with Crippen molar-refractivity contribution in [3.8, 4) is 0 Å². The average Bonchev–Trinajstić information content (AvgIpc) is 2.61. The van der Waals surface area contributed by atoms with Gasteiger partial charge in [0.1, 0.15) is 6.10 Å². The van der Waals surface area contributed by atoms with Crippen molar-refractivity contribution in [2.24, 2.45) is 5.92 Å². The van der Waals surface area contributed by atoms with Gasteiger partial charge in [-0.1, -0.05) is 36.4 Å². The summed E-state index contributed by atoms with van der Waals surface area (Å²) in [5.74, 6) is -0.0198. The summed E-state index contributed by atoms with van der Waals surface area (Å²) in [5.41, 5.74) is 1.04. The fourth-order valence-corrected chi connectivity index (χ4v) is 1.74. The Kier molecular flexibility index (Phi) is 2.35. The highest BCUT2D eigenvalue weighted by molar-refractivity contribution is 5.72. The third-order valence-corrected chi connectivity index (χ3v) is 2.48. The lowest BCUT2D eigenvalue weighted by molar-refractivity contribution is -0.141. The van der Waals surface area contributed by atoms with Gasteiger partial charge in [0.15, 0.2) is 0 Å². The summed E-state index contributed by atoms with van der Waals surface area (Å²) in [6, 6.07) is 9.78. The topological polar surface area (TPSA) is 26.3 Å². The molecule has 1 aliphatic rings. The molecule has 0 unspecified atom stereocenters. The minimum atomic E-state index is -0.138. The third-order valence-electron chi connectivity index (χ3n) is 2.48. The number of hydrogen-bond donors (Lipinski definition) is 0. The van der Waals surface area contributed by atoms with Crippen LogP contribution < -0.4 is 0 Å². The Hall–Kier alpha value is -1.57. The summed E-state index contributed by atoms with van der Waals surface area (Å²) in [6.45, 7) is 3.72. The van der Waals surface area contributed by atoms with Crippen LogP contribution in [0.25, 0.3) is 0 Å². The van der Waals surface area contributed by atoms with Crippen LogP contribution in [0.3, 0.4) is 0 Å². The second-order valence-corrected chi connectivity index (χ2v) is 3.42. The Morgan fingerprint density at radius 2 is 2.07 bits per heavy atom. The van der Waals surface area contributed by atoms with E-state index in [1.54, 1.807) is 6.08 Å². The van der Waals surface area contributed by atoms with Crippen LogP contribution in [0.5, 0.6) is 0 Å². The maximum absolute atomic E-state index is 11.1. The van der Waals surface area contributed by atoms with E-state index < -0.39 is 0 Å². The van der Waals surface area contributed by atoms with E-state index in [0.717, 1.165) is 5.56 Å². The number of carbonyl (C=O) groups excluding carboxylic acids is 1. The largest absolute Gasteiger partial charge is 0.457 e. The van der Waals surface area contributed by atoms with Gasteiger partial charge in [-0.05, 0) is 5.56 Å². The zero-order valence-corrected chi connectivity index (χ0v) is 7.85. The molecule has 1 fully saturated rings. The van der Waals surface area contributed by atoms with E-state index in [2.05, 4.69) is 6.58 Å². The fourth-order valence-electron chi connectivity index (χ4n) is 1.74. The first-order valence-corrected chi connectivity index (χ1v) is 4.68.